The molecule has 0 aliphatic carbocycles. The van der Waals surface area contributed by atoms with E-state index in [-0.39, 0.29) is 5.41 Å². The predicted molar refractivity (Wildman–Crippen MR) is 105 cm³/mol. The average molecular weight is 333 g/mol. The summed E-state index contributed by atoms with van der Waals surface area (Å²) in [6.45, 7) is 8.88. The van der Waals surface area contributed by atoms with Crippen LogP contribution in [0.4, 0.5) is 0 Å². The maximum Gasteiger partial charge on any atom is 0.181 e. The molecule has 0 unspecified atom stereocenters. The fourth-order valence-electron chi connectivity index (χ4n) is 2.98. The highest BCUT2D eigenvalue weighted by Crippen LogP contribution is 2.28. The zero-order chi connectivity index (χ0) is 18.0. The van der Waals surface area contributed by atoms with Gasteiger partial charge in [0.2, 0.25) is 0 Å². The van der Waals surface area contributed by atoms with Crippen LogP contribution in [0.25, 0.3) is 22.5 Å². The lowest BCUT2D eigenvalue weighted by atomic mass is 9.86. The molecule has 0 aliphatic heterocycles. The summed E-state index contributed by atoms with van der Waals surface area (Å²) >= 11 is 0. The second-order valence-corrected chi connectivity index (χ2v) is 7.63. The van der Waals surface area contributed by atoms with Gasteiger partial charge in [0.1, 0.15) is 5.82 Å². The first-order chi connectivity index (χ1) is 11.9. The lowest BCUT2D eigenvalue weighted by molar-refractivity contribution is 0.590. The van der Waals surface area contributed by atoms with Gasteiger partial charge in [0.05, 0.1) is 0 Å². The first-order valence-corrected chi connectivity index (χ1v) is 9.00. The Labute approximate surface area is 150 Å². The Morgan fingerprint density at radius 1 is 0.920 bits per heavy atom. The van der Waals surface area contributed by atoms with Gasteiger partial charge in [-0.15, -0.1) is 0 Å². The molecule has 0 atom stereocenters. The van der Waals surface area contributed by atoms with Crippen LogP contribution in [0.5, 0.6) is 0 Å². The van der Waals surface area contributed by atoms with Crippen molar-refractivity contribution >= 4 is 0 Å². The first-order valence-electron chi connectivity index (χ1n) is 9.00. The molecule has 130 valence electrons. The van der Waals surface area contributed by atoms with E-state index in [0.29, 0.717) is 0 Å². The molecule has 1 aromatic heterocycles. The lowest BCUT2D eigenvalue weighted by Gasteiger charge is -2.19. The molecule has 0 saturated carbocycles. The summed E-state index contributed by atoms with van der Waals surface area (Å²) in [7, 11) is 1.97. The summed E-state index contributed by atoms with van der Waals surface area (Å²) in [4.78, 5) is 4.70. The normalized spacial score (nSPS) is 11.7. The number of aromatic nitrogens is 3. The molecule has 0 spiro atoms. The largest absolute Gasteiger partial charge is 0.253 e. The third kappa shape index (κ3) is 3.81. The molecule has 2 aromatic carbocycles. The molecule has 0 N–H and O–H groups in total. The quantitative estimate of drug-likeness (QED) is 0.640. The maximum atomic E-state index is 4.70. The number of hydrogen-bond donors (Lipinski definition) is 0. The summed E-state index contributed by atoms with van der Waals surface area (Å²) in [5.74, 6) is 1.84. The Balaban J connectivity index is 1.93. The zero-order valence-electron chi connectivity index (χ0n) is 15.9. The van der Waals surface area contributed by atoms with Crippen molar-refractivity contribution in [3.8, 4) is 22.5 Å². The highest BCUT2D eigenvalue weighted by atomic mass is 15.3. The minimum atomic E-state index is 0.175. The summed E-state index contributed by atoms with van der Waals surface area (Å²) in [6, 6.07) is 17.3. The molecule has 0 aliphatic rings. The van der Waals surface area contributed by atoms with E-state index >= 15 is 0 Å². The van der Waals surface area contributed by atoms with Crippen molar-refractivity contribution in [2.24, 2.45) is 7.05 Å². The van der Waals surface area contributed by atoms with Gasteiger partial charge in [-0.1, -0.05) is 70.2 Å². The van der Waals surface area contributed by atoms with E-state index in [0.717, 1.165) is 30.1 Å². The molecule has 1 heterocycles. The number of benzene rings is 2. The molecule has 0 amide bonds. The van der Waals surface area contributed by atoms with Crippen LogP contribution in [0.1, 0.15) is 45.5 Å². The summed E-state index contributed by atoms with van der Waals surface area (Å²) in [5, 5.41) is 4.59. The van der Waals surface area contributed by atoms with E-state index in [9.17, 15) is 0 Å². The van der Waals surface area contributed by atoms with Gasteiger partial charge in [0, 0.05) is 19.0 Å². The fraction of sp³-hybridized carbons (Fsp3) is 0.364. The Kier molecular flexibility index (Phi) is 4.76. The Bertz CT molecular complexity index is 852. The van der Waals surface area contributed by atoms with E-state index in [1.807, 2.05) is 11.7 Å². The topological polar surface area (TPSA) is 30.7 Å². The number of nitrogens with zero attached hydrogens (tertiary/aromatic N) is 3. The minimum Gasteiger partial charge on any atom is -0.253 e. The van der Waals surface area contributed by atoms with Gasteiger partial charge in [-0.05, 0) is 34.6 Å². The van der Waals surface area contributed by atoms with Gasteiger partial charge in [0.15, 0.2) is 5.82 Å². The van der Waals surface area contributed by atoms with Crippen molar-refractivity contribution in [3.63, 3.8) is 0 Å². The van der Waals surface area contributed by atoms with Crippen LogP contribution < -0.4 is 0 Å². The summed E-state index contributed by atoms with van der Waals surface area (Å²) in [6.07, 6.45) is 2.03. The van der Waals surface area contributed by atoms with Crippen molar-refractivity contribution in [1.82, 2.24) is 14.8 Å². The van der Waals surface area contributed by atoms with Gasteiger partial charge in [-0.25, -0.2) is 4.98 Å². The zero-order valence-corrected chi connectivity index (χ0v) is 15.9. The molecule has 3 aromatic rings. The van der Waals surface area contributed by atoms with Gasteiger partial charge >= 0.3 is 0 Å². The number of rotatable bonds is 4. The summed E-state index contributed by atoms with van der Waals surface area (Å²) in [5.41, 5.74) is 5.01. The lowest BCUT2D eigenvalue weighted by Crippen LogP contribution is -2.10. The molecule has 25 heavy (non-hydrogen) atoms. The maximum absolute atomic E-state index is 4.70. The molecule has 0 fully saturated rings. The third-order valence-corrected chi connectivity index (χ3v) is 4.53. The van der Waals surface area contributed by atoms with Crippen LogP contribution in [-0.2, 0) is 18.9 Å². The van der Waals surface area contributed by atoms with Gasteiger partial charge in [-0.3, -0.25) is 4.68 Å². The number of aryl methyl sites for hydroxylation is 2. The van der Waals surface area contributed by atoms with Crippen molar-refractivity contribution in [2.75, 3.05) is 0 Å². The third-order valence-electron chi connectivity index (χ3n) is 4.53. The van der Waals surface area contributed by atoms with Crippen molar-refractivity contribution in [3.05, 3.63) is 59.9 Å². The SMILES string of the molecule is CCCc1nc(-c2cccc(-c3ccc(C(C)(C)C)cc3)c2)nn1C. The van der Waals surface area contributed by atoms with Crippen LogP contribution in [0.2, 0.25) is 0 Å². The molecular formula is C22H27N3. The molecular weight excluding hydrogens is 306 g/mol. The second-order valence-electron chi connectivity index (χ2n) is 7.63. The van der Waals surface area contributed by atoms with Crippen LogP contribution in [-0.4, -0.2) is 14.8 Å². The van der Waals surface area contributed by atoms with Crippen LogP contribution in [0.3, 0.4) is 0 Å². The first kappa shape index (κ1) is 17.4. The van der Waals surface area contributed by atoms with Gasteiger partial charge in [0.25, 0.3) is 0 Å². The van der Waals surface area contributed by atoms with Crippen molar-refractivity contribution < 1.29 is 0 Å². The molecule has 3 rings (SSSR count). The van der Waals surface area contributed by atoms with Crippen molar-refractivity contribution in [1.29, 1.82) is 0 Å². The van der Waals surface area contributed by atoms with Gasteiger partial charge in [-0.2, -0.15) is 5.10 Å². The van der Waals surface area contributed by atoms with Crippen LogP contribution >= 0.6 is 0 Å². The van der Waals surface area contributed by atoms with E-state index in [4.69, 9.17) is 4.98 Å². The Morgan fingerprint density at radius 3 is 2.24 bits per heavy atom. The van der Waals surface area contributed by atoms with Crippen LogP contribution in [0.15, 0.2) is 48.5 Å². The minimum absolute atomic E-state index is 0.175. The molecule has 0 saturated heterocycles. The van der Waals surface area contributed by atoms with Crippen molar-refractivity contribution in [2.45, 2.75) is 46.0 Å². The Morgan fingerprint density at radius 2 is 1.60 bits per heavy atom. The molecule has 3 heteroatoms. The van der Waals surface area contributed by atoms with E-state index in [1.54, 1.807) is 0 Å². The highest BCUT2D eigenvalue weighted by molar-refractivity contribution is 5.70. The van der Waals surface area contributed by atoms with E-state index in [2.05, 4.69) is 81.3 Å². The Hall–Kier alpha value is -2.42. The highest BCUT2D eigenvalue weighted by Gasteiger charge is 2.13. The van der Waals surface area contributed by atoms with Gasteiger partial charge < -0.3 is 0 Å². The smallest absolute Gasteiger partial charge is 0.181 e. The standard InChI is InChI=1S/C22H27N3/c1-6-8-20-23-21(24-25(20)5)18-10-7-9-17(15-18)16-11-13-19(14-12-16)22(2,3)4/h7,9-15H,6,8H2,1-5H3. The summed E-state index contributed by atoms with van der Waals surface area (Å²) < 4.78 is 1.89. The predicted octanol–water partition coefficient (Wildman–Crippen LogP) is 5.40. The molecule has 0 radical (unpaired) electrons. The number of hydrogen-bond acceptors (Lipinski definition) is 2. The molecule has 0 bridgehead atoms. The van der Waals surface area contributed by atoms with E-state index in [1.165, 1.54) is 16.7 Å². The van der Waals surface area contributed by atoms with E-state index < -0.39 is 0 Å². The second kappa shape index (κ2) is 6.83. The monoisotopic (exact) mass is 333 g/mol. The fourth-order valence-corrected chi connectivity index (χ4v) is 2.98. The van der Waals surface area contributed by atoms with Crippen LogP contribution in [0, 0.1) is 0 Å². The molecule has 3 nitrogen and oxygen atoms in total. The average Bonchev–Trinajstić information content (AvgIpc) is 2.96.